The number of ether oxygens (including phenoxy) is 3. The van der Waals surface area contributed by atoms with Gasteiger partial charge in [-0.15, -0.1) is 11.3 Å². The Kier molecular flexibility index (Phi) is 9.95. The van der Waals surface area contributed by atoms with Gasteiger partial charge in [-0.05, 0) is 63.5 Å². The molecule has 0 fully saturated rings. The number of halogens is 2. The third-order valence-electron chi connectivity index (χ3n) is 6.97. The van der Waals surface area contributed by atoms with E-state index in [0.717, 1.165) is 10.4 Å². The number of carboxylic acids is 1. The van der Waals surface area contributed by atoms with Crippen LogP contribution in [0.4, 0.5) is 4.39 Å². The first-order chi connectivity index (χ1) is 22.9. The van der Waals surface area contributed by atoms with Gasteiger partial charge in [0.05, 0.1) is 32.6 Å². The Labute approximate surface area is 280 Å². The van der Waals surface area contributed by atoms with Crippen molar-refractivity contribution < 1.29 is 33.6 Å². The van der Waals surface area contributed by atoms with Crippen LogP contribution in [0.25, 0.3) is 32.0 Å². The number of rotatable bonds is 13. The average Bonchev–Trinajstić information content (AvgIpc) is 3.44. The Morgan fingerprint density at radius 2 is 1.70 bits per heavy atom. The van der Waals surface area contributed by atoms with E-state index in [4.69, 9.17) is 19.3 Å². The molecule has 3 heterocycles. The standard InChI is InChI=1S/C34H26BrFN4O6S/c35-29-28-32(38-19-39-33(28)47-30(29)20-9-11-22(36)12-10-20)46-27(34(42)43)17-21-5-1-3-7-25(21)45-18-23-13-14-37-31(40-23)24-6-2-4-8-26(24)44-16-15-41/h1-14,19,27,41H,15-18H2,(H,42,43)/t27-/m1/s1. The monoisotopic (exact) mass is 716 g/mol. The summed E-state index contributed by atoms with van der Waals surface area (Å²) in [6, 6.07) is 22.2. The first-order valence-corrected chi connectivity index (χ1v) is 16.0. The smallest absolute Gasteiger partial charge is 0.345 e. The molecule has 3 aromatic carbocycles. The van der Waals surface area contributed by atoms with Crippen LogP contribution >= 0.6 is 27.3 Å². The number of hydrogen-bond donors (Lipinski definition) is 2. The predicted molar refractivity (Wildman–Crippen MR) is 177 cm³/mol. The molecule has 10 nitrogen and oxygen atoms in total. The molecule has 2 N–H and O–H groups in total. The van der Waals surface area contributed by atoms with E-state index in [-0.39, 0.29) is 37.9 Å². The second kappa shape index (κ2) is 14.6. The molecule has 0 aliphatic rings. The molecule has 0 saturated carbocycles. The van der Waals surface area contributed by atoms with Crippen molar-refractivity contribution in [2.45, 2.75) is 19.1 Å². The van der Waals surface area contributed by atoms with Crippen molar-refractivity contribution in [1.82, 2.24) is 19.9 Å². The zero-order valence-corrected chi connectivity index (χ0v) is 26.9. The Morgan fingerprint density at radius 1 is 0.936 bits per heavy atom. The fourth-order valence-corrected chi connectivity index (χ4v) is 6.76. The van der Waals surface area contributed by atoms with E-state index in [2.05, 4.69) is 35.9 Å². The summed E-state index contributed by atoms with van der Waals surface area (Å²) >= 11 is 4.95. The SMILES string of the molecule is O=C(O)[C@@H](Cc1ccccc1OCc1ccnc(-c2ccccc2OCCO)n1)Oc1ncnc2sc(-c3ccc(F)cc3)c(Br)c12. The fourth-order valence-electron chi connectivity index (χ4n) is 4.77. The van der Waals surface area contributed by atoms with Gasteiger partial charge < -0.3 is 24.4 Å². The Bertz CT molecular complexity index is 2030. The van der Waals surface area contributed by atoms with E-state index in [1.54, 1.807) is 54.7 Å². The molecule has 1 atom stereocenters. The molecule has 0 saturated heterocycles. The van der Waals surface area contributed by atoms with Crippen molar-refractivity contribution in [2.75, 3.05) is 13.2 Å². The lowest BCUT2D eigenvalue weighted by molar-refractivity contribution is -0.145. The summed E-state index contributed by atoms with van der Waals surface area (Å²) in [6.45, 7) is 0.107. The molecular formula is C34H26BrFN4O6S. The van der Waals surface area contributed by atoms with Gasteiger partial charge in [0.25, 0.3) is 0 Å². The fraction of sp³-hybridized carbons (Fsp3) is 0.147. The molecule has 0 unspecified atom stereocenters. The van der Waals surface area contributed by atoms with Gasteiger partial charge in [-0.1, -0.05) is 42.5 Å². The number of carbonyl (C=O) groups is 1. The summed E-state index contributed by atoms with van der Waals surface area (Å²) in [5.74, 6) is 0.0272. The third kappa shape index (κ3) is 7.38. The lowest BCUT2D eigenvalue weighted by Crippen LogP contribution is -2.30. The van der Waals surface area contributed by atoms with Crippen LogP contribution in [-0.4, -0.2) is 55.4 Å². The van der Waals surface area contributed by atoms with Crippen molar-refractivity contribution in [3.8, 4) is 39.2 Å². The van der Waals surface area contributed by atoms with Gasteiger partial charge in [0.1, 0.15) is 41.7 Å². The summed E-state index contributed by atoms with van der Waals surface area (Å²) in [7, 11) is 0. The molecule has 0 bridgehead atoms. The summed E-state index contributed by atoms with van der Waals surface area (Å²) in [5, 5.41) is 19.9. The maximum Gasteiger partial charge on any atom is 0.345 e. The molecule has 47 heavy (non-hydrogen) atoms. The quantitative estimate of drug-likeness (QED) is 0.132. The number of aliphatic carboxylic acids is 1. The number of aliphatic hydroxyl groups excluding tert-OH is 1. The molecule has 0 aliphatic carbocycles. The Balaban J connectivity index is 1.21. The van der Waals surface area contributed by atoms with Crippen molar-refractivity contribution in [3.63, 3.8) is 0 Å². The van der Waals surface area contributed by atoms with E-state index in [0.29, 0.717) is 48.8 Å². The van der Waals surface area contributed by atoms with E-state index < -0.39 is 12.1 Å². The molecular weight excluding hydrogens is 691 g/mol. The number of carboxylic acid groups (broad SMARTS) is 1. The summed E-state index contributed by atoms with van der Waals surface area (Å²) in [6.07, 6.45) is 1.61. The topological polar surface area (TPSA) is 137 Å². The lowest BCUT2D eigenvalue weighted by atomic mass is 10.1. The van der Waals surface area contributed by atoms with Crippen LogP contribution in [0.5, 0.6) is 17.4 Å². The number of hydrogen-bond acceptors (Lipinski definition) is 10. The van der Waals surface area contributed by atoms with Crippen LogP contribution < -0.4 is 14.2 Å². The van der Waals surface area contributed by atoms with E-state index >= 15 is 0 Å². The number of aliphatic hydroxyl groups is 1. The summed E-state index contributed by atoms with van der Waals surface area (Å²) < 4.78 is 31.9. The molecule has 6 aromatic rings. The number of nitrogens with zero attached hydrogens (tertiary/aromatic N) is 4. The zero-order chi connectivity index (χ0) is 32.8. The van der Waals surface area contributed by atoms with Gasteiger partial charge >= 0.3 is 5.97 Å². The molecule has 13 heteroatoms. The van der Waals surface area contributed by atoms with Crippen molar-refractivity contribution >= 4 is 43.5 Å². The van der Waals surface area contributed by atoms with Crippen LogP contribution in [0.15, 0.2) is 95.9 Å². The number of aromatic nitrogens is 4. The van der Waals surface area contributed by atoms with E-state index in [9.17, 15) is 14.3 Å². The largest absolute Gasteiger partial charge is 0.490 e. The Morgan fingerprint density at radius 3 is 2.49 bits per heavy atom. The minimum atomic E-state index is -1.31. The van der Waals surface area contributed by atoms with Crippen molar-refractivity contribution in [3.05, 3.63) is 113 Å². The molecule has 238 valence electrons. The predicted octanol–water partition coefficient (Wildman–Crippen LogP) is 6.74. The minimum absolute atomic E-state index is 0.0197. The van der Waals surface area contributed by atoms with Crippen LogP contribution in [0, 0.1) is 5.82 Å². The summed E-state index contributed by atoms with van der Waals surface area (Å²) in [4.78, 5) is 31.4. The molecule has 0 radical (unpaired) electrons. The third-order valence-corrected chi connectivity index (χ3v) is 9.18. The highest BCUT2D eigenvalue weighted by molar-refractivity contribution is 9.10. The molecule has 0 aliphatic heterocycles. The van der Waals surface area contributed by atoms with Crippen LogP contribution in [0.3, 0.4) is 0 Å². The van der Waals surface area contributed by atoms with Gasteiger partial charge in [-0.2, -0.15) is 0 Å². The van der Waals surface area contributed by atoms with Gasteiger partial charge in [-0.3, -0.25) is 0 Å². The Hall–Kier alpha value is -4.98. The molecule has 3 aromatic heterocycles. The van der Waals surface area contributed by atoms with E-state index in [1.807, 2.05) is 18.2 Å². The number of thiophene rings is 1. The van der Waals surface area contributed by atoms with Gasteiger partial charge in [0.15, 0.2) is 5.82 Å². The van der Waals surface area contributed by atoms with Gasteiger partial charge in [0.2, 0.25) is 12.0 Å². The van der Waals surface area contributed by atoms with Gasteiger partial charge in [-0.25, -0.2) is 29.1 Å². The molecule has 6 rings (SSSR count). The van der Waals surface area contributed by atoms with E-state index in [1.165, 1.54) is 29.8 Å². The van der Waals surface area contributed by atoms with Crippen LogP contribution in [0.2, 0.25) is 0 Å². The van der Waals surface area contributed by atoms with Crippen molar-refractivity contribution in [2.24, 2.45) is 0 Å². The normalized spacial score (nSPS) is 11.7. The second-order valence-corrected chi connectivity index (χ2v) is 11.9. The first-order valence-electron chi connectivity index (χ1n) is 14.4. The van der Waals surface area contributed by atoms with Crippen LogP contribution in [-0.2, 0) is 17.8 Å². The minimum Gasteiger partial charge on any atom is -0.490 e. The number of fused-ring (bicyclic) bond motifs is 1. The molecule has 0 amide bonds. The molecule has 0 spiro atoms. The maximum atomic E-state index is 13.5. The number of para-hydroxylation sites is 2. The zero-order valence-electron chi connectivity index (χ0n) is 24.5. The summed E-state index contributed by atoms with van der Waals surface area (Å²) in [5.41, 5.74) is 2.64. The highest BCUT2D eigenvalue weighted by Gasteiger charge is 2.26. The first kappa shape index (κ1) is 32.0. The van der Waals surface area contributed by atoms with Crippen molar-refractivity contribution in [1.29, 1.82) is 0 Å². The number of benzene rings is 3. The van der Waals surface area contributed by atoms with Gasteiger partial charge in [0, 0.05) is 12.6 Å². The highest BCUT2D eigenvalue weighted by atomic mass is 79.9. The van der Waals surface area contributed by atoms with Crippen LogP contribution in [0.1, 0.15) is 11.3 Å². The lowest BCUT2D eigenvalue weighted by Gasteiger charge is -2.17. The second-order valence-electron chi connectivity index (χ2n) is 10.1. The maximum absolute atomic E-state index is 13.5. The average molecular weight is 718 g/mol. The highest BCUT2D eigenvalue weighted by Crippen LogP contribution is 2.44.